The van der Waals surface area contributed by atoms with Crippen molar-refractivity contribution < 1.29 is 37.3 Å². The van der Waals surface area contributed by atoms with E-state index in [1.807, 2.05) is 4.90 Å². The Morgan fingerprint density at radius 2 is 1.85 bits per heavy atom. The van der Waals surface area contributed by atoms with Gasteiger partial charge in [0.05, 0.1) is 43.3 Å². The van der Waals surface area contributed by atoms with Crippen molar-refractivity contribution in [2.45, 2.75) is 39.4 Å². The number of nitrogens with one attached hydrogen (secondary N) is 1. The van der Waals surface area contributed by atoms with Gasteiger partial charge in [-0.15, -0.1) is 24.8 Å². The van der Waals surface area contributed by atoms with E-state index in [1.54, 1.807) is 7.11 Å². The lowest BCUT2D eigenvalue weighted by Gasteiger charge is -2.30. The van der Waals surface area contributed by atoms with Crippen LogP contribution in [0.4, 0.5) is 24.1 Å². The minimum atomic E-state index is -4.65. The van der Waals surface area contributed by atoms with Crippen LogP contribution in [0.1, 0.15) is 47.6 Å². The zero-order valence-electron chi connectivity index (χ0n) is 26.4. The van der Waals surface area contributed by atoms with E-state index < -0.39 is 23.6 Å². The molecule has 1 fully saturated rings. The van der Waals surface area contributed by atoms with Crippen LogP contribution in [-0.2, 0) is 22.3 Å². The number of piperidine rings is 1. The molecular weight excluding hydrogens is 684 g/mol. The van der Waals surface area contributed by atoms with E-state index in [9.17, 15) is 27.9 Å². The van der Waals surface area contributed by atoms with Crippen LogP contribution in [-0.4, -0.2) is 83.8 Å². The Balaban J connectivity index is 0.00000384. The number of aliphatic carboxylic acids is 1. The highest BCUT2D eigenvalue weighted by atomic mass is 35.5. The van der Waals surface area contributed by atoms with E-state index in [-0.39, 0.29) is 52.9 Å². The first kappa shape index (κ1) is 39.9. The molecule has 0 unspecified atom stereocenters. The standard InChI is InChI=1S/C30H37F3N6O5S.2ClH/c1-18(2)16-38(11-12-43-3)17-24-26(20-5-6-23(44-4)21(13-20)30(31,32)33)36-29(45-24)37-27(40)22-14-35-25(15-34-22)39-9-7-19(8-10-39)28(41)42;;/h5-6,13-15,18-19H,7-12,16-17H2,1-4H3,(H,41,42)(H,36,37,40);2*1H. The van der Waals surface area contributed by atoms with Crippen molar-refractivity contribution in [2.75, 3.05) is 57.2 Å². The molecule has 0 saturated carbocycles. The summed E-state index contributed by atoms with van der Waals surface area (Å²) in [6.45, 7) is 7.34. The maximum Gasteiger partial charge on any atom is 0.419 e. The molecule has 1 saturated heterocycles. The Kier molecular flexibility index (Phi) is 15.1. The second kappa shape index (κ2) is 17.8. The highest BCUT2D eigenvalue weighted by molar-refractivity contribution is 7.16. The van der Waals surface area contributed by atoms with Crippen LogP contribution in [0.15, 0.2) is 30.6 Å². The van der Waals surface area contributed by atoms with Crippen molar-refractivity contribution in [1.29, 1.82) is 0 Å². The molecule has 1 aliphatic rings. The molecule has 0 radical (unpaired) electrons. The van der Waals surface area contributed by atoms with E-state index in [2.05, 4.69) is 39.0 Å². The average Bonchev–Trinajstić information content (AvgIpc) is 3.40. The molecule has 4 rings (SSSR count). The summed E-state index contributed by atoms with van der Waals surface area (Å²) >= 11 is 1.18. The molecule has 47 heavy (non-hydrogen) atoms. The van der Waals surface area contributed by atoms with E-state index in [1.165, 1.54) is 43.0 Å². The van der Waals surface area contributed by atoms with Crippen LogP contribution in [0.5, 0.6) is 5.75 Å². The highest BCUT2D eigenvalue weighted by Crippen LogP contribution is 2.40. The molecule has 1 aliphatic heterocycles. The fourth-order valence-corrected chi connectivity index (χ4v) is 6.13. The normalized spacial score (nSPS) is 13.7. The number of hydrogen-bond acceptors (Lipinski definition) is 10. The van der Waals surface area contributed by atoms with Crippen LogP contribution in [0.25, 0.3) is 11.3 Å². The van der Waals surface area contributed by atoms with Gasteiger partial charge in [0.1, 0.15) is 17.3 Å². The monoisotopic (exact) mass is 722 g/mol. The summed E-state index contributed by atoms with van der Waals surface area (Å²) in [5.41, 5.74) is -0.335. The molecular formula is C30H39Cl2F3N6O5S. The second-order valence-electron chi connectivity index (χ2n) is 11.1. The Labute approximate surface area is 287 Å². The third-order valence-electron chi connectivity index (χ3n) is 7.34. The second-order valence-corrected chi connectivity index (χ2v) is 12.2. The average molecular weight is 724 g/mol. The molecule has 17 heteroatoms. The number of hydrogen-bond donors (Lipinski definition) is 2. The lowest BCUT2D eigenvalue weighted by Crippen LogP contribution is -2.36. The molecule has 3 heterocycles. The van der Waals surface area contributed by atoms with Crippen LogP contribution < -0.4 is 15.0 Å². The molecule has 0 bridgehead atoms. The van der Waals surface area contributed by atoms with Crippen LogP contribution in [0.2, 0.25) is 0 Å². The number of anilines is 2. The predicted octanol–water partition coefficient (Wildman–Crippen LogP) is 6.13. The van der Waals surface area contributed by atoms with Gasteiger partial charge in [-0.05, 0) is 37.0 Å². The zero-order valence-corrected chi connectivity index (χ0v) is 28.8. The van der Waals surface area contributed by atoms with Gasteiger partial charge in [-0.1, -0.05) is 25.2 Å². The summed E-state index contributed by atoms with van der Waals surface area (Å²) < 4.78 is 51.8. The van der Waals surface area contributed by atoms with Gasteiger partial charge in [0.15, 0.2) is 5.13 Å². The highest BCUT2D eigenvalue weighted by Gasteiger charge is 2.35. The number of methoxy groups -OCH3 is 2. The topological polar surface area (TPSA) is 130 Å². The number of amides is 1. The van der Waals surface area contributed by atoms with Gasteiger partial charge in [0.2, 0.25) is 0 Å². The van der Waals surface area contributed by atoms with Crippen molar-refractivity contribution >= 4 is 59.0 Å². The number of benzene rings is 1. The number of halogens is 5. The van der Waals surface area contributed by atoms with Crippen molar-refractivity contribution in [2.24, 2.45) is 11.8 Å². The number of alkyl halides is 3. The fraction of sp³-hybridized carbons (Fsp3) is 0.500. The summed E-state index contributed by atoms with van der Waals surface area (Å²) in [5.74, 6) is -1.21. The first-order valence-corrected chi connectivity index (χ1v) is 15.3. The van der Waals surface area contributed by atoms with E-state index in [0.29, 0.717) is 74.5 Å². The number of carboxylic acid groups (broad SMARTS) is 1. The van der Waals surface area contributed by atoms with Gasteiger partial charge in [-0.25, -0.2) is 15.0 Å². The third-order valence-corrected chi connectivity index (χ3v) is 8.29. The minimum Gasteiger partial charge on any atom is -0.496 e. The number of nitrogens with zero attached hydrogens (tertiary/aromatic N) is 5. The lowest BCUT2D eigenvalue weighted by atomic mass is 9.97. The van der Waals surface area contributed by atoms with Crippen LogP contribution in [0, 0.1) is 11.8 Å². The number of thiazole rings is 1. The Bertz CT molecular complexity index is 1470. The van der Waals surface area contributed by atoms with E-state index >= 15 is 0 Å². The molecule has 0 spiro atoms. The number of carboxylic acids is 1. The molecule has 3 aromatic rings. The maximum absolute atomic E-state index is 13.9. The van der Waals surface area contributed by atoms with E-state index in [0.717, 1.165) is 6.07 Å². The summed E-state index contributed by atoms with van der Waals surface area (Å²) in [6.07, 6.45) is -0.866. The summed E-state index contributed by atoms with van der Waals surface area (Å²) in [4.78, 5) is 42.3. The zero-order chi connectivity index (χ0) is 32.7. The first-order valence-electron chi connectivity index (χ1n) is 14.5. The van der Waals surface area contributed by atoms with Gasteiger partial charge < -0.3 is 19.5 Å². The van der Waals surface area contributed by atoms with E-state index in [4.69, 9.17) is 9.47 Å². The summed E-state index contributed by atoms with van der Waals surface area (Å²) in [7, 11) is 2.79. The van der Waals surface area contributed by atoms with Gasteiger partial charge in [-0.2, -0.15) is 13.2 Å². The molecule has 1 amide bonds. The number of ether oxygens (including phenoxy) is 2. The van der Waals surface area contributed by atoms with Gasteiger partial charge >= 0.3 is 12.1 Å². The minimum absolute atomic E-state index is 0. The summed E-state index contributed by atoms with van der Waals surface area (Å²) in [5, 5.41) is 12.2. The number of carbonyl (C=O) groups is 2. The summed E-state index contributed by atoms with van der Waals surface area (Å²) in [6, 6.07) is 3.79. The quantitative estimate of drug-likeness (QED) is 0.213. The largest absolute Gasteiger partial charge is 0.496 e. The number of rotatable bonds is 13. The fourth-order valence-electron chi connectivity index (χ4n) is 5.11. The molecule has 260 valence electrons. The molecule has 0 atom stereocenters. The van der Waals surface area contributed by atoms with Gasteiger partial charge in [-0.3, -0.25) is 19.8 Å². The maximum atomic E-state index is 13.9. The molecule has 0 aliphatic carbocycles. The molecule has 11 nitrogen and oxygen atoms in total. The lowest BCUT2D eigenvalue weighted by molar-refractivity contribution is -0.142. The van der Waals surface area contributed by atoms with Crippen molar-refractivity contribution in [3.8, 4) is 17.0 Å². The Hall–Kier alpha value is -3.24. The Morgan fingerprint density at radius 3 is 2.40 bits per heavy atom. The Morgan fingerprint density at radius 1 is 1.15 bits per heavy atom. The molecule has 1 aromatic carbocycles. The first-order chi connectivity index (χ1) is 21.4. The predicted molar refractivity (Wildman–Crippen MR) is 178 cm³/mol. The van der Waals surface area contributed by atoms with Crippen LogP contribution in [0.3, 0.4) is 0 Å². The SMILES string of the molecule is COCCN(Cc1sc(NC(=O)c2cnc(N3CCC(C(=O)O)CC3)cn2)nc1-c1ccc(OC)c(C(F)(F)F)c1)CC(C)C.Cl.Cl. The van der Waals surface area contributed by atoms with Crippen molar-refractivity contribution in [3.63, 3.8) is 0 Å². The van der Waals surface area contributed by atoms with Gasteiger partial charge in [0, 0.05) is 50.3 Å². The van der Waals surface area contributed by atoms with Crippen molar-refractivity contribution in [3.05, 3.63) is 46.7 Å². The van der Waals surface area contributed by atoms with Crippen LogP contribution >= 0.6 is 36.2 Å². The smallest absolute Gasteiger partial charge is 0.419 e. The molecule has 2 N–H and O–H groups in total. The van der Waals surface area contributed by atoms with Gasteiger partial charge in [0.25, 0.3) is 5.91 Å². The number of carbonyl (C=O) groups excluding carboxylic acids is 1. The third kappa shape index (κ3) is 10.6. The van der Waals surface area contributed by atoms with Crippen molar-refractivity contribution in [1.82, 2.24) is 19.9 Å². The molecule has 2 aromatic heterocycles. The number of aromatic nitrogens is 3.